The van der Waals surface area contributed by atoms with E-state index in [4.69, 9.17) is 9.47 Å². The van der Waals surface area contributed by atoms with Crippen molar-refractivity contribution in [3.63, 3.8) is 0 Å². The van der Waals surface area contributed by atoms with E-state index in [1.54, 1.807) is 30.6 Å². The highest BCUT2D eigenvalue weighted by molar-refractivity contribution is 5.85. The van der Waals surface area contributed by atoms with Crippen molar-refractivity contribution in [1.82, 2.24) is 20.3 Å². The Labute approximate surface area is 198 Å². The van der Waals surface area contributed by atoms with Gasteiger partial charge in [0.15, 0.2) is 0 Å². The van der Waals surface area contributed by atoms with Gasteiger partial charge in [-0.3, -0.25) is 15.3 Å². The highest BCUT2D eigenvalue weighted by atomic mass is 16.5. The van der Waals surface area contributed by atoms with Crippen molar-refractivity contribution in [1.29, 1.82) is 0 Å². The minimum absolute atomic E-state index is 0.0798. The molecule has 5 rings (SSSR count). The largest absolute Gasteiger partial charge is 0.488 e. The molecule has 1 aliphatic carbocycles. The number of aromatic nitrogens is 3. The molecule has 2 fully saturated rings. The molecule has 1 atom stereocenters. The van der Waals surface area contributed by atoms with E-state index in [1.165, 1.54) is 0 Å². The van der Waals surface area contributed by atoms with E-state index in [1.807, 2.05) is 0 Å². The molecule has 34 heavy (non-hydrogen) atoms. The Morgan fingerprint density at radius 1 is 1.09 bits per heavy atom. The molecule has 3 aromatic rings. The lowest BCUT2D eigenvalue weighted by molar-refractivity contribution is 0.0863. The first kappa shape index (κ1) is 22.9. The van der Waals surface area contributed by atoms with Gasteiger partial charge in [0.1, 0.15) is 17.5 Å². The smallest absolute Gasteiger partial charge is 0.149 e. The number of aliphatic hydroxyl groups is 2. The van der Waals surface area contributed by atoms with Crippen LogP contribution in [0.4, 0.5) is 5.69 Å². The first-order valence-electron chi connectivity index (χ1n) is 11.9. The van der Waals surface area contributed by atoms with E-state index in [0.29, 0.717) is 11.4 Å². The zero-order chi connectivity index (χ0) is 23.3. The fourth-order valence-electron chi connectivity index (χ4n) is 4.70. The molecule has 2 aromatic heterocycles. The monoisotopic (exact) mass is 465 g/mol. The third-order valence-corrected chi connectivity index (χ3v) is 6.53. The number of rotatable bonds is 7. The molecule has 0 spiro atoms. The standard InChI is InChI=1S/C25H31N5O4/c31-16-18-2-1-3-21(28-18)25(32)29-17-4-6-20(7-5-17)34-23-15-19(30-10-12-33-13-11-30)14-22-24(23)27-9-8-26-22/h1-3,8-9,14-15,17,20,25,29,31-32H,4-7,10-13,16H2. The second-order valence-electron chi connectivity index (χ2n) is 8.84. The van der Waals surface area contributed by atoms with Crippen LogP contribution in [0.3, 0.4) is 0 Å². The number of nitrogens with zero attached hydrogens (tertiary/aromatic N) is 4. The van der Waals surface area contributed by atoms with Crippen LogP contribution in [0.25, 0.3) is 11.0 Å². The number of nitrogens with one attached hydrogen (secondary N) is 1. The van der Waals surface area contributed by atoms with Crippen molar-refractivity contribution in [3.05, 3.63) is 54.1 Å². The summed E-state index contributed by atoms with van der Waals surface area (Å²) in [5.41, 5.74) is 3.77. The second-order valence-corrected chi connectivity index (χ2v) is 8.84. The number of hydrogen-bond acceptors (Lipinski definition) is 9. The van der Waals surface area contributed by atoms with E-state index in [2.05, 4.69) is 37.3 Å². The molecule has 0 bridgehead atoms. The average Bonchev–Trinajstić information content (AvgIpc) is 2.90. The summed E-state index contributed by atoms with van der Waals surface area (Å²) in [6.07, 6.45) is 6.14. The zero-order valence-electron chi connectivity index (χ0n) is 19.1. The summed E-state index contributed by atoms with van der Waals surface area (Å²) in [6, 6.07) is 9.62. The molecule has 9 nitrogen and oxygen atoms in total. The maximum absolute atomic E-state index is 10.6. The van der Waals surface area contributed by atoms with Crippen molar-refractivity contribution in [2.24, 2.45) is 0 Å². The lowest BCUT2D eigenvalue weighted by Crippen LogP contribution is -2.38. The van der Waals surface area contributed by atoms with Crippen molar-refractivity contribution in [3.8, 4) is 5.75 Å². The van der Waals surface area contributed by atoms with Gasteiger partial charge in [-0.1, -0.05) is 6.07 Å². The fraction of sp³-hybridized carbons (Fsp3) is 0.480. The van der Waals surface area contributed by atoms with Crippen LogP contribution in [0.15, 0.2) is 42.7 Å². The van der Waals surface area contributed by atoms with Crippen LogP contribution in [-0.4, -0.2) is 63.6 Å². The first-order chi connectivity index (χ1) is 16.7. The first-order valence-corrected chi connectivity index (χ1v) is 11.9. The lowest BCUT2D eigenvalue weighted by Gasteiger charge is -2.32. The highest BCUT2D eigenvalue weighted by Crippen LogP contribution is 2.33. The minimum atomic E-state index is -0.863. The highest BCUT2D eigenvalue weighted by Gasteiger charge is 2.26. The number of anilines is 1. The molecule has 3 heterocycles. The van der Waals surface area contributed by atoms with Gasteiger partial charge in [0.25, 0.3) is 0 Å². The maximum atomic E-state index is 10.6. The van der Waals surface area contributed by atoms with Crippen LogP contribution >= 0.6 is 0 Å². The molecule has 1 saturated carbocycles. The third-order valence-electron chi connectivity index (χ3n) is 6.53. The Morgan fingerprint density at radius 3 is 2.68 bits per heavy atom. The van der Waals surface area contributed by atoms with Gasteiger partial charge in [0.05, 0.1) is 42.8 Å². The Bertz CT molecular complexity index is 1100. The van der Waals surface area contributed by atoms with Crippen molar-refractivity contribution >= 4 is 16.7 Å². The molecule has 9 heteroatoms. The van der Waals surface area contributed by atoms with Crippen LogP contribution in [0, 0.1) is 0 Å². The Balaban J connectivity index is 1.23. The third kappa shape index (κ3) is 5.28. The molecule has 3 N–H and O–H groups in total. The minimum Gasteiger partial charge on any atom is -0.488 e. The predicted octanol–water partition coefficient (Wildman–Crippen LogP) is 2.32. The normalized spacial score (nSPS) is 22.0. The number of pyridine rings is 1. The maximum Gasteiger partial charge on any atom is 0.149 e. The summed E-state index contributed by atoms with van der Waals surface area (Å²) in [5.74, 6) is 0.772. The number of morpholine rings is 1. The lowest BCUT2D eigenvalue weighted by atomic mass is 9.92. The number of aliphatic hydroxyl groups excluding tert-OH is 2. The van der Waals surface area contributed by atoms with E-state index in [0.717, 1.165) is 74.5 Å². The molecular formula is C25H31N5O4. The number of hydrogen-bond donors (Lipinski definition) is 3. The Hall–Kier alpha value is -2.85. The van der Waals surface area contributed by atoms with Gasteiger partial charge in [-0.2, -0.15) is 0 Å². The second kappa shape index (κ2) is 10.6. The van der Waals surface area contributed by atoms with Gasteiger partial charge in [-0.25, -0.2) is 4.98 Å². The molecular weight excluding hydrogens is 434 g/mol. The summed E-state index contributed by atoms with van der Waals surface area (Å²) in [5, 5.41) is 23.1. The van der Waals surface area contributed by atoms with Gasteiger partial charge in [0, 0.05) is 43.3 Å². The SMILES string of the molecule is OCc1cccc(C(O)NC2CCC(Oc3cc(N4CCOCC4)cc4nccnc34)CC2)n1. The zero-order valence-corrected chi connectivity index (χ0v) is 19.1. The van der Waals surface area contributed by atoms with Gasteiger partial charge in [-0.05, 0) is 43.9 Å². The van der Waals surface area contributed by atoms with Gasteiger partial charge < -0.3 is 24.6 Å². The summed E-state index contributed by atoms with van der Waals surface area (Å²) in [6.45, 7) is 2.99. The number of benzene rings is 1. The molecule has 0 amide bonds. The van der Waals surface area contributed by atoms with Gasteiger partial charge in [-0.15, -0.1) is 0 Å². The van der Waals surface area contributed by atoms with Crippen LogP contribution in [0.5, 0.6) is 5.75 Å². The van der Waals surface area contributed by atoms with Gasteiger partial charge in [0.2, 0.25) is 0 Å². The van der Waals surface area contributed by atoms with Gasteiger partial charge >= 0.3 is 0 Å². The van der Waals surface area contributed by atoms with Crippen LogP contribution in [-0.2, 0) is 11.3 Å². The van der Waals surface area contributed by atoms with Crippen LogP contribution < -0.4 is 15.0 Å². The average molecular weight is 466 g/mol. The molecule has 180 valence electrons. The molecule has 1 aliphatic heterocycles. The number of fused-ring (bicyclic) bond motifs is 1. The Morgan fingerprint density at radius 2 is 1.88 bits per heavy atom. The summed E-state index contributed by atoms with van der Waals surface area (Å²) >= 11 is 0. The predicted molar refractivity (Wildman–Crippen MR) is 127 cm³/mol. The van der Waals surface area contributed by atoms with Crippen molar-refractivity contribution in [2.75, 3.05) is 31.2 Å². The van der Waals surface area contributed by atoms with E-state index in [-0.39, 0.29) is 18.8 Å². The van der Waals surface area contributed by atoms with Crippen molar-refractivity contribution < 1.29 is 19.7 Å². The fourth-order valence-corrected chi connectivity index (χ4v) is 4.70. The summed E-state index contributed by atoms with van der Waals surface area (Å²) in [7, 11) is 0. The quantitative estimate of drug-likeness (QED) is 0.453. The van der Waals surface area contributed by atoms with Crippen LogP contribution in [0.2, 0.25) is 0 Å². The topological polar surface area (TPSA) is 113 Å². The van der Waals surface area contributed by atoms with Crippen molar-refractivity contribution in [2.45, 2.75) is 50.7 Å². The number of ether oxygens (including phenoxy) is 2. The molecule has 0 radical (unpaired) electrons. The molecule has 1 aromatic carbocycles. The molecule has 2 aliphatic rings. The molecule has 1 unspecified atom stereocenters. The molecule has 1 saturated heterocycles. The van der Waals surface area contributed by atoms with E-state index >= 15 is 0 Å². The summed E-state index contributed by atoms with van der Waals surface area (Å²) in [4.78, 5) is 15.6. The Kier molecular flexibility index (Phi) is 7.15. The summed E-state index contributed by atoms with van der Waals surface area (Å²) < 4.78 is 12.0. The van der Waals surface area contributed by atoms with Crippen LogP contribution in [0.1, 0.15) is 43.3 Å². The van der Waals surface area contributed by atoms with E-state index < -0.39 is 6.23 Å². The van der Waals surface area contributed by atoms with E-state index in [9.17, 15) is 10.2 Å².